The zero-order chi connectivity index (χ0) is 14.2. The molecule has 1 atom stereocenters. The van der Waals surface area contributed by atoms with Gasteiger partial charge in [-0.3, -0.25) is 0 Å². The predicted molar refractivity (Wildman–Crippen MR) is 84.3 cm³/mol. The van der Waals surface area contributed by atoms with Crippen LogP contribution in [0.3, 0.4) is 0 Å². The van der Waals surface area contributed by atoms with Crippen molar-refractivity contribution in [2.24, 2.45) is 11.7 Å². The van der Waals surface area contributed by atoms with Crippen molar-refractivity contribution < 1.29 is 8.42 Å². The van der Waals surface area contributed by atoms with Crippen LogP contribution in [-0.4, -0.2) is 21.0 Å². The van der Waals surface area contributed by atoms with E-state index in [0.717, 1.165) is 12.8 Å². The lowest BCUT2D eigenvalue weighted by Gasteiger charge is -2.13. The Kier molecular flexibility index (Phi) is 6.14. The van der Waals surface area contributed by atoms with E-state index in [4.69, 9.17) is 28.9 Å². The first-order valence-corrected chi connectivity index (χ1v) is 8.26. The zero-order valence-corrected chi connectivity index (χ0v) is 14.0. The standard InChI is InChI=1S/C12H16Cl2N2O2S.ClH/c1-7-10(13)4-9(5-11(7)14)19(17,18)16-6-12(15)8-2-3-8;/h4-5,8,12,16H,2-3,6,15H2,1H3;1H. The molecule has 4 nitrogen and oxygen atoms in total. The van der Waals surface area contributed by atoms with Gasteiger partial charge in [0.2, 0.25) is 10.0 Å². The first-order chi connectivity index (χ1) is 8.81. The topological polar surface area (TPSA) is 72.2 Å². The Hall–Kier alpha value is -0.0400. The fraction of sp³-hybridized carbons (Fsp3) is 0.500. The van der Waals surface area contributed by atoms with E-state index < -0.39 is 10.0 Å². The second-order valence-corrected chi connectivity index (χ2v) is 7.45. The van der Waals surface area contributed by atoms with Crippen molar-refractivity contribution in [2.75, 3.05) is 6.54 Å². The second kappa shape index (κ2) is 6.81. The number of halogens is 3. The largest absolute Gasteiger partial charge is 0.326 e. The van der Waals surface area contributed by atoms with Crippen molar-refractivity contribution in [1.29, 1.82) is 0 Å². The van der Waals surface area contributed by atoms with Crippen molar-refractivity contribution in [3.8, 4) is 0 Å². The van der Waals surface area contributed by atoms with Gasteiger partial charge in [-0.05, 0) is 43.4 Å². The van der Waals surface area contributed by atoms with Gasteiger partial charge in [-0.25, -0.2) is 13.1 Å². The number of nitrogens with two attached hydrogens (primary N) is 1. The van der Waals surface area contributed by atoms with Gasteiger partial charge in [-0.1, -0.05) is 23.2 Å². The van der Waals surface area contributed by atoms with Gasteiger partial charge in [0.25, 0.3) is 0 Å². The first-order valence-electron chi connectivity index (χ1n) is 6.02. The molecule has 1 aromatic rings. The van der Waals surface area contributed by atoms with Gasteiger partial charge in [-0.15, -0.1) is 12.4 Å². The van der Waals surface area contributed by atoms with Crippen LogP contribution >= 0.6 is 35.6 Å². The summed E-state index contributed by atoms with van der Waals surface area (Å²) in [6.45, 7) is 1.97. The molecule has 8 heteroatoms. The minimum atomic E-state index is -3.62. The Morgan fingerprint density at radius 1 is 1.35 bits per heavy atom. The lowest BCUT2D eigenvalue weighted by molar-refractivity contribution is 0.547. The average molecular weight is 360 g/mol. The minimum absolute atomic E-state index is 0. The van der Waals surface area contributed by atoms with Crippen LogP contribution < -0.4 is 10.5 Å². The number of hydrogen-bond donors (Lipinski definition) is 2. The molecular weight excluding hydrogens is 343 g/mol. The molecule has 0 amide bonds. The first kappa shape index (κ1) is 18.0. The van der Waals surface area contributed by atoms with Gasteiger partial charge in [0.1, 0.15) is 0 Å². The molecule has 1 aliphatic rings. The number of nitrogens with one attached hydrogen (secondary N) is 1. The maximum absolute atomic E-state index is 12.1. The highest BCUT2D eigenvalue weighted by molar-refractivity contribution is 7.89. The normalized spacial score (nSPS) is 16.6. The monoisotopic (exact) mass is 358 g/mol. The molecule has 114 valence electrons. The zero-order valence-electron chi connectivity index (χ0n) is 10.9. The average Bonchev–Trinajstić information content (AvgIpc) is 3.16. The van der Waals surface area contributed by atoms with Crippen molar-refractivity contribution >= 4 is 45.6 Å². The summed E-state index contributed by atoms with van der Waals surface area (Å²) in [6, 6.07) is 2.66. The Labute approximate surface area is 135 Å². The Balaban J connectivity index is 0.00000200. The molecule has 1 aliphatic carbocycles. The lowest BCUT2D eigenvalue weighted by Crippen LogP contribution is -2.38. The van der Waals surface area contributed by atoms with Crippen molar-refractivity contribution in [3.05, 3.63) is 27.7 Å². The Morgan fingerprint density at radius 2 is 1.85 bits per heavy atom. The van der Waals surface area contributed by atoms with E-state index in [-0.39, 0.29) is 29.9 Å². The minimum Gasteiger partial charge on any atom is -0.326 e. The summed E-state index contributed by atoms with van der Waals surface area (Å²) >= 11 is 11.9. The van der Waals surface area contributed by atoms with Crippen LogP contribution in [0.25, 0.3) is 0 Å². The van der Waals surface area contributed by atoms with Crippen LogP contribution in [0.4, 0.5) is 0 Å². The molecule has 2 rings (SSSR count). The van der Waals surface area contributed by atoms with Crippen LogP contribution in [0, 0.1) is 12.8 Å². The van der Waals surface area contributed by atoms with E-state index in [2.05, 4.69) is 4.72 Å². The molecule has 1 unspecified atom stereocenters. The van der Waals surface area contributed by atoms with Gasteiger partial charge in [0.15, 0.2) is 0 Å². The molecular formula is C12H17Cl3N2O2S. The van der Waals surface area contributed by atoms with Gasteiger partial charge >= 0.3 is 0 Å². The van der Waals surface area contributed by atoms with Gasteiger partial charge in [0.05, 0.1) is 4.90 Å². The van der Waals surface area contributed by atoms with Crippen LogP contribution in [-0.2, 0) is 10.0 Å². The summed E-state index contributed by atoms with van der Waals surface area (Å²) in [6.07, 6.45) is 2.15. The van der Waals surface area contributed by atoms with E-state index in [9.17, 15) is 8.42 Å². The molecule has 1 aromatic carbocycles. The second-order valence-electron chi connectivity index (χ2n) is 4.87. The van der Waals surface area contributed by atoms with Crippen LogP contribution in [0.15, 0.2) is 17.0 Å². The molecule has 0 heterocycles. The lowest BCUT2D eigenvalue weighted by atomic mass is 10.2. The van der Waals surface area contributed by atoms with E-state index >= 15 is 0 Å². The highest BCUT2D eigenvalue weighted by Crippen LogP contribution is 2.31. The fourth-order valence-electron chi connectivity index (χ4n) is 1.76. The van der Waals surface area contributed by atoms with Crippen molar-refractivity contribution in [1.82, 2.24) is 4.72 Å². The van der Waals surface area contributed by atoms with Crippen LogP contribution in [0.5, 0.6) is 0 Å². The quantitative estimate of drug-likeness (QED) is 0.849. The predicted octanol–water partition coefficient (Wildman–Crippen LogP) is 2.74. The smallest absolute Gasteiger partial charge is 0.240 e. The van der Waals surface area contributed by atoms with Gasteiger partial charge in [0, 0.05) is 22.6 Å². The van der Waals surface area contributed by atoms with Gasteiger partial charge in [-0.2, -0.15) is 0 Å². The van der Waals surface area contributed by atoms with Crippen molar-refractivity contribution in [2.45, 2.75) is 30.7 Å². The number of benzene rings is 1. The molecule has 1 saturated carbocycles. The summed E-state index contributed by atoms with van der Waals surface area (Å²) in [5.74, 6) is 0.438. The molecule has 1 fully saturated rings. The van der Waals surface area contributed by atoms with Crippen LogP contribution in [0.2, 0.25) is 10.0 Å². The van der Waals surface area contributed by atoms with Crippen molar-refractivity contribution in [3.63, 3.8) is 0 Å². The molecule has 0 aliphatic heterocycles. The van der Waals surface area contributed by atoms with E-state index in [0.29, 0.717) is 21.5 Å². The SMILES string of the molecule is Cc1c(Cl)cc(S(=O)(=O)NCC(N)C2CC2)cc1Cl.Cl. The Bertz CT molecular complexity index is 565. The number of rotatable bonds is 5. The maximum Gasteiger partial charge on any atom is 0.240 e. The third-order valence-corrected chi connectivity index (χ3v) is 5.49. The third kappa shape index (κ3) is 4.23. The summed E-state index contributed by atoms with van der Waals surface area (Å²) in [5.41, 5.74) is 6.53. The molecule has 0 bridgehead atoms. The number of hydrogen-bond acceptors (Lipinski definition) is 3. The molecule has 0 spiro atoms. The maximum atomic E-state index is 12.1. The van der Waals surface area contributed by atoms with E-state index in [1.165, 1.54) is 12.1 Å². The molecule has 0 radical (unpaired) electrons. The third-order valence-electron chi connectivity index (χ3n) is 3.30. The van der Waals surface area contributed by atoms with E-state index in [1.807, 2.05) is 0 Å². The van der Waals surface area contributed by atoms with Crippen LogP contribution in [0.1, 0.15) is 18.4 Å². The molecule has 3 N–H and O–H groups in total. The highest BCUT2D eigenvalue weighted by atomic mass is 35.5. The van der Waals surface area contributed by atoms with Gasteiger partial charge < -0.3 is 5.73 Å². The molecule has 20 heavy (non-hydrogen) atoms. The fourth-order valence-corrected chi connectivity index (χ4v) is 3.50. The summed E-state index contributed by atoms with van der Waals surface area (Å²) < 4.78 is 26.7. The molecule has 0 aromatic heterocycles. The van der Waals surface area contributed by atoms with E-state index in [1.54, 1.807) is 6.92 Å². The summed E-state index contributed by atoms with van der Waals surface area (Å²) in [7, 11) is -3.62. The highest BCUT2D eigenvalue weighted by Gasteiger charge is 2.29. The number of sulfonamides is 1. The Morgan fingerprint density at radius 3 is 2.30 bits per heavy atom. The molecule has 0 saturated heterocycles. The summed E-state index contributed by atoms with van der Waals surface area (Å²) in [4.78, 5) is 0.0658. The summed E-state index contributed by atoms with van der Waals surface area (Å²) in [5, 5.41) is 0.665.